The van der Waals surface area contributed by atoms with Crippen LogP contribution in [0, 0.1) is 0 Å². The first-order chi connectivity index (χ1) is 5.02. The van der Waals surface area contributed by atoms with Crippen LogP contribution in [0.15, 0.2) is 24.3 Å². The van der Waals surface area contributed by atoms with Gasteiger partial charge in [-0.15, -0.1) is 11.6 Å². The Morgan fingerprint density at radius 1 is 1.27 bits per heavy atom. The summed E-state index contributed by atoms with van der Waals surface area (Å²) in [4.78, 5) is -0.370. The molecule has 0 bridgehead atoms. The van der Waals surface area contributed by atoms with Crippen LogP contribution in [-0.4, -0.2) is 0 Å². The van der Waals surface area contributed by atoms with Crippen molar-refractivity contribution in [1.82, 2.24) is 0 Å². The van der Waals surface area contributed by atoms with Gasteiger partial charge in [0.15, 0.2) is 0 Å². The molecular weight excluding hydrogens is 158 g/mol. The smallest absolute Gasteiger partial charge is 0.0658 e. The number of hydrogen-bond donors (Lipinski definition) is 1. The summed E-state index contributed by atoms with van der Waals surface area (Å²) in [6.07, 6.45) is 0. The van der Waals surface area contributed by atoms with Crippen molar-refractivity contribution >= 4 is 17.3 Å². The minimum atomic E-state index is -0.370. The Morgan fingerprint density at radius 3 is 2.18 bits per heavy atom. The van der Waals surface area contributed by atoms with E-state index in [4.69, 9.17) is 17.3 Å². The van der Waals surface area contributed by atoms with Crippen molar-refractivity contribution in [2.75, 3.05) is 5.73 Å². The van der Waals surface area contributed by atoms with Crippen LogP contribution < -0.4 is 5.73 Å². The van der Waals surface area contributed by atoms with E-state index in [0.29, 0.717) is 0 Å². The second kappa shape index (κ2) is 2.74. The highest BCUT2D eigenvalue weighted by atomic mass is 35.5. The molecule has 0 saturated carbocycles. The van der Waals surface area contributed by atoms with Gasteiger partial charge in [-0.25, -0.2) is 0 Å². The summed E-state index contributed by atoms with van der Waals surface area (Å²) < 4.78 is 0. The highest BCUT2D eigenvalue weighted by Gasteiger charge is 2.18. The number of anilines is 1. The van der Waals surface area contributed by atoms with Gasteiger partial charge in [-0.1, -0.05) is 18.2 Å². The fraction of sp³-hybridized carbons (Fsp3) is 0.333. The van der Waals surface area contributed by atoms with Gasteiger partial charge in [-0.2, -0.15) is 0 Å². The Balaban J connectivity index is 3.14. The van der Waals surface area contributed by atoms with Crippen LogP contribution in [0.25, 0.3) is 0 Å². The van der Waals surface area contributed by atoms with Crippen molar-refractivity contribution in [2.24, 2.45) is 0 Å². The molecule has 0 saturated heterocycles. The van der Waals surface area contributed by atoms with Crippen molar-refractivity contribution in [3.8, 4) is 0 Å². The molecule has 0 amide bonds. The molecule has 0 aliphatic carbocycles. The zero-order chi connectivity index (χ0) is 8.48. The first kappa shape index (κ1) is 8.41. The van der Waals surface area contributed by atoms with Crippen molar-refractivity contribution in [3.63, 3.8) is 0 Å². The van der Waals surface area contributed by atoms with Crippen LogP contribution in [0.3, 0.4) is 0 Å². The van der Waals surface area contributed by atoms with Gasteiger partial charge in [0, 0.05) is 5.69 Å². The molecule has 1 aromatic rings. The first-order valence-corrected chi connectivity index (χ1v) is 3.93. The Bertz CT molecular complexity index is 250. The molecule has 0 unspecified atom stereocenters. The Hall–Kier alpha value is -0.690. The van der Waals surface area contributed by atoms with E-state index in [2.05, 4.69) is 0 Å². The number of nitrogen functional groups attached to an aromatic ring is 1. The molecule has 0 aliphatic rings. The molecule has 0 aliphatic heterocycles. The van der Waals surface area contributed by atoms with Crippen molar-refractivity contribution in [2.45, 2.75) is 18.7 Å². The van der Waals surface area contributed by atoms with E-state index >= 15 is 0 Å². The minimum Gasteiger partial charge on any atom is -0.398 e. The molecule has 1 nitrogen and oxygen atoms in total. The van der Waals surface area contributed by atoms with E-state index in [0.717, 1.165) is 11.3 Å². The summed E-state index contributed by atoms with van der Waals surface area (Å²) in [5, 5.41) is 0. The predicted molar refractivity (Wildman–Crippen MR) is 49.7 cm³/mol. The topological polar surface area (TPSA) is 26.0 Å². The van der Waals surface area contributed by atoms with Crippen LogP contribution in [0.1, 0.15) is 19.4 Å². The maximum Gasteiger partial charge on any atom is 0.0658 e. The van der Waals surface area contributed by atoms with Gasteiger partial charge in [0.1, 0.15) is 0 Å². The third-order valence-corrected chi connectivity index (χ3v) is 1.80. The molecule has 1 rings (SSSR count). The molecule has 0 spiro atoms. The molecule has 1 aromatic carbocycles. The standard InChI is InChI=1S/C9H12ClN/c1-9(2,10)7-5-3-4-6-8(7)11/h3-6H,11H2,1-2H3. The summed E-state index contributed by atoms with van der Waals surface area (Å²) in [5.41, 5.74) is 7.47. The van der Waals surface area contributed by atoms with Gasteiger partial charge in [0.05, 0.1) is 4.87 Å². The van der Waals surface area contributed by atoms with Crippen molar-refractivity contribution < 1.29 is 0 Å². The van der Waals surface area contributed by atoms with E-state index in [1.165, 1.54) is 0 Å². The summed E-state index contributed by atoms with van der Waals surface area (Å²) in [6, 6.07) is 7.65. The summed E-state index contributed by atoms with van der Waals surface area (Å²) in [7, 11) is 0. The zero-order valence-electron chi connectivity index (χ0n) is 6.76. The average Bonchev–Trinajstić information content (AvgIpc) is 1.86. The maximum atomic E-state index is 6.08. The third kappa shape index (κ3) is 1.87. The molecule has 0 aromatic heterocycles. The van der Waals surface area contributed by atoms with Gasteiger partial charge < -0.3 is 5.73 Å². The quantitative estimate of drug-likeness (QED) is 0.508. The van der Waals surface area contributed by atoms with E-state index < -0.39 is 0 Å². The van der Waals surface area contributed by atoms with Crippen LogP contribution in [-0.2, 0) is 4.87 Å². The first-order valence-electron chi connectivity index (χ1n) is 3.56. The number of para-hydroxylation sites is 1. The Morgan fingerprint density at radius 2 is 1.82 bits per heavy atom. The van der Waals surface area contributed by atoms with Crippen LogP contribution in [0.4, 0.5) is 5.69 Å². The molecule has 0 atom stereocenters. The Kier molecular flexibility index (Phi) is 2.10. The van der Waals surface area contributed by atoms with E-state index in [-0.39, 0.29) is 4.87 Å². The lowest BCUT2D eigenvalue weighted by molar-refractivity contribution is 0.769. The molecule has 60 valence electrons. The van der Waals surface area contributed by atoms with E-state index in [1.807, 2.05) is 38.1 Å². The highest BCUT2D eigenvalue weighted by Crippen LogP contribution is 2.31. The number of rotatable bonds is 1. The van der Waals surface area contributed by atoms with Crippen molar-refractivity contribution in [3.05, 3.63) is 29.8 Å². The lowest BCUT2D eigenvalue weighted by Gasteiger charge is -2.17. The predicted octanol–water partition coefficient (Wildman–Crippen LogP) is 2.74. The average molecular weight is 170 g/mol. The minimum absolute atomic E-state index is 0.370. The fourth-order valence-corrected chi connectivity index (χ4v) is 1.21. The SMILES string of the molecule is CC(C)(Cl)c1ccccc1N. The molecule has 0 heterocycles. The monoisotopic (exact) mass is 169 g/mol. The number of benzene rings is 1. The Labute approximate surface area is 72.2 Å². The largest absolute Gasteiger partial charge is 0.398 e. The van der Waals surface area contributed by atoms with Gasteiger partial charge in [-0.3, -0.25) is 0 Å². The van der Waals surface area contributed by atoms with E-state index in [1.54, 1.807) is 0 Å². The molecule has 0 radical (unpaired) electrons. The van der Waals surface area contributed by atoms with Crippen LogP contribution >= 0.6 is 11.6 Å². The number of nitrogens with two attached hydrogens (primary N) is 1. The highest BCUT2D eigenvalue weighted by molar-refractivity contribution is 6.23. The number of halogens is 1. The van der Waals surface area contributed by atoms with Gasteiger partial charge >= 0.3 is 0 Å². The van der Waals surface area contributed by atoms with Crippen molar-refractivity contribution in [1.29, 1.82) is 0 Å². The third-order valence-electron chi connectivity index (χ3n) is 1.60. The second-order valence-electron chi connectivity index (χ2n) is 3.06. The van der Waals surface area contributed by atoms with Gasteiger partial charge in [-0.05, 0) is 25.5 Å². The van der Waals surface area contributed by atoms with Crippen LogP contribution in [0.2, 0.25) is 0 Å². The number of alkyl halides is 1. The second-order valence-corrected chi connectivity index (χ2v) is 4.00. The molecule has 2 heteroatoms. The zero-order valence-corrected chi connectivity index (χ0v) is 7.52. The lowest BCUT2D eigenvalue weighted by Crippen LogP contribution is -2.10. The lowest BCUT2D eigenvalue weighted by atomic mass is 10.0. The van der Waals surface area contributed by atoms with E-state index in [9.17, 15) is 0 Å². The summed E-state index contributed by atoms with van der Waals surface area (Å²) in [5.74, 6) is 0. The molecule has 2 N–H and O–H groups in total. The molecule has 11 heavy (non-hydrogen) atoms. The molecular formula is C9H12ClN. The summed E-state index contributed by atoms with van der Waals surface area (Å²) in [6.45, 7) is 3.86. The summed E-state index contributed by atoms with van der Waals surface area (Å²) >= 11 is 6.08. The van der Waals surface area contributed by atoms with Gasteiger partial charge in [0.25, 0.3) is 0 Å². The number of hydrogen-bond acceptors (Lipinski definition) is 1. The van der Waals surface area contributed by atoms with Crippen LogP contribution in [0.5, 0.6) is 0 Å². The molecule has 0 fully saturated rings. The fourth-order valence-electron chi connectivity index (χ4n) is 1.04. The normalized spacial score (nSPS) is 11.5. The van der Waals surface area contributed by atoms with Gasteiger partial charge in [0.2, 0.25) is 0 Å². The maximum absolute atomic E-state index is 6.08.